The van der Waals surface area contributed by atoms with Crippen molar-refractivity contribution in [1.82, 2.24) is 9.38 Å². The van der Waals surface area contributed by atoms with Gasteiger partial charge in [0, 0.05) is 12.3 Å². The van der Waals surface area contributed by atoms with Gasteiger partial charge in [-0.2, -0.15) is 0 Å². The lowest BCUT2D eigenvalue weighted by molar-refractivity contribution is -0.139. The van der Waals surface area contributed by atoms with E-state index in [1.807, 2.05) is 60.0 Å². The van der Waals surface area contributed by atoms with Crippen molar-refractivity contribution < 1.29 is 14.3 Å². The standard InChI is InChI=1S/C19H18N2O3/c1-14-17(21-11-4-3-8-18(21)20-14)13-24-19(22)10-9-15-6-5-7-16(12-15)23-2/h3-12H,13H2,1-2H3/b10-9+. The van der Waals surface area contributed by atoms with Crippen LogP contribution >= 0.6 is 0 Å². The number of hydrogen-bond acceptors (Lipinski definition) is 4. The molecule has 0 saturated heterocycles. The van der Waals surface area contributed by atoms with Crippen molar-refractivity contribution in [2.24, 2.45) is 0 Å². The first kappa shape index (κ1) is 15.8. The summed E-state index contributed by atoms with van der Waals surface area (Å²) in [6.45, 7) is 2.08. The van der Waals surface area contributed by atoms with Crippen molar-refractivity contribution >= 4 is 17.7 Å². The maximum absolute atomic E-state index is 11.9. The molecule has 0 fully saturated rings. The number of imidazole rings is 1. The number of esters is 1. The van der Waals surface area contributed by atoms with Crippen molar-refractivity contribution in [3.05, 3.63) is 71.7 Å². The predicted molar refractivity (Wildman–Crippen MR) is 91.8 cm³/mol. The molecule has 0 unspecified atom stereocenters. The van der Waals surface area contributed by atoms with Crippen LogP contribution in [0.25, 0.3) is 11.7 Å². The van der Waals surface area contributed by atoms with E-state index in [0.717, 1.165) is 28.3 Å². The number of aryl methyl sites for hydroxylation is 1. The molecule has 0 aliphatic rings. The molecule has 0 saturated carbocycles. The van der Waals surface area contributed by atoms with Gasteiger partial charge in [-0.15, -0.1) is 0 Å². The maximum atomic E-state index is 11.9. The van der Waals surface area contributed by atoms with Gasteiger partial charge in [0.05, 0.1) is 18.5 Å². The van der Waals surface area contributed by atoms with Gasteiger partial charge in [0.15, 0.2) is 0 Å². The fourth-order valence-electron chi connectivity index (χ4n) is 2.44. The number of ether oxygens (including phenoxy) is 2. The molecule has 0 radical (unpaired) electrons. The minimum absolute atomic E-state index is 0.179. The zero-order valence-electron chi connectivity index (χ0n) is 13.6. The number of nitrogens with zero attached hydrogens (tertiary/aromatic N) is 2. The van der Waals surface area contributed by atoms with Crippen molar-refractivity contribution in [3.8, 4) is 5.75 Å². The number of carbonyl (C=O) groups excluding carboxylic acids is 1. The summed E-state index contributed by atoms with van der Waals surface area (Å²) in [4.78, 5) is 16.4. The molecule has 3 aromatic rings. The molecule has 0 aliphatic carbocycles. The number of rotatable bonds is 5. The number of hydrogen-bond donors (Lipinski definition) is 0. The van der Waals surface area contributed by atoms with E-state index in [1.165, 1.54) is 6.08 Å². The third kappa shape index (κ3) is 3.46. The van der Waals surface area contributed by atoms with E-state index in [0.29, 0.717) is 0 Å². The van der Waals surface area contributed by atoms with Crippen LogP contribution < -0.4 is 4.74 Å². The molecule has 122 valence electrons. The van der Waals surface area contributed by atoms with Gasteiger partial charge < -0.3 is 13.9 Å². The Morgan fingerprint density at radius 3 is 2.96 bits per heavy atom. The fourth-order valence-corrected chi connectivity index (χ4v) is 2.44. The second-order valence-electron chi connectivity index (χ2n) is 5.29. The van der Waals surface area contributed by atoms with Gasteiger partial charge in [0.1, 0.15) is 18.0 Å². The lowest BCUT2D eigenvalue weighted by atomic mass is 10.2. The number of benzene rings is 1. The molecule has 0 atom stereocenters. The van der Waals surface area contributed by atoms with Gasteiger partial charge >= 0.3 is 5.97 Å². The van der Waals surface area contributed by atoms with Crippen molar-refractivity contribution in [2.75, 3.05) is 7.11 Å². The van der Waals surface area contributed by atoms with E-state index in [1.54, 1.807) is 13.2 Å². The quantitative estimate of drug-likeness (QED) is 0.533. The molecule has 0 amide bonds. The third-order valence-electron chi connectivity index (χ3n) is 3.69. The first-order valence-electron chi connectivity index (χ1n) is 7.59. The fraction of sp³-hybridized carbons (Fsp3) is 0.158. The largest absolute Gasteiger partial charge is 0.497 e. The van der Waals surface area contributed by atoms with Gasteiger partial charge in [-0.1, -0.05) is 18.2 Å². The third-order valence-corrected chi connectivity index (χ3v) is 3.69. The van der Waals surface area contributed by atoms with Crippen LogP contribution in [0, 0.1) is 6.92 Å². The molecule has 0 N–H and O–H groups in total. The number of carbonyl (C=O) groups is 1. The van der Waals surface area contributed by atoms with Crippen molar-refractivity contribution in [1.29, 1.82) is 0 Å². The number of fused-ring (bicyclic) bond motifs is 1. The summed E-state index contributed by atoms with van der Waals surface area (Å²) in [6.07, 6.45) is 5.02. The SMILES string of the molecule is COc1cccc(/C=C/C(=O)OCc2c(C)nc3ccccn23)c1. The molecule has 0 bridgehead atoms. The Hall–Kier alpha value is -3.08. The first-order chi connectivity index (χ1) is 11.7. The molecular formula is C19H18N2O3. The van der Waals surface area contributed by atoms with Crippen LogP contribution in [0.5, 0.6) is 5.75 Å². The molecule has 5 heteroatoms. The summed E-state index contributed by atoms with van der Waals surface area (Å²) >= 11 is 0. The molecule has 0 aliphatic heterocycles. The lowest BCUT2D eigenvalue weighted by Gasteiger charge is -2.04. The van der Waals surface area contributed by atoms with Gasteiger partial charge in [-0.25, -0.2) is 9.78 Å². The first-order valence-corrected chi connectivity index (χ1v) is 7.59. The monoisotopic (exact) mass is 322 g/mol. The second-order valence-corrected chi connectivity index (χ2v) is 5.29. The van der Waals surface area contributed by atoms with Crippen molar-refractivity contribution in [2.45, 2.75) is 13.5 Å². The van der Waals surface area contributed by atoms with Crippen LogP contribution in [-0.4, -0.2) is 22.5 Å². The summed E-state index contributed by atoms with van der Waals surface area (Å²) in [7, 11) is 1.61. The van der Waals surface area contributed by atoms with E-state index in [2.05, 4.69) is 4.98 Å². The zero-order chi connectivity index (χ0) is 16.9. The van der Waals surface area contributed by atoms with Gasteiger partial charge in [-0.05, 0) is 42.8 Å². The number of aromatic nitrogens is 2. The Balaban J connectivity index is 1.66. The molecule has 2 heterocycles. The van der Waals surface area contributed by atoms with E-state index in [9.17, 15) is 4.79 Å². The highest BCUT2D eigenvalue weighted by molar-refractivity contribution is 5.87. The molecule has 1 aromatic carbocycles. The van der Waals surface area contributed by atoms with Crippen LogP contribution in [0.15, 0.2) is 54.7 Å². The predicted octanol–water partition coefficient (Wildman–Crippen LogP) is 3.41. The second kappa shape index (κ2) is 7.00. The van der Waals surface area contributed by atoms with E-state index < -0.39 is 5.97 Å². The minimum atomic E-state index is -0.400. The van der Waals surface area contributed by atoms with Gasteiger partial charge in [0.25, 0.3) is 0 Å². The Morgan fingerprint density at radius 1 is 1.25 bits per heavy atom. The van der Waals surface area contributed by atoms with Crippen LogP contribution in [0.1, 0.15) is 17.0 Å². The summed E-state index contributed by atoms with van der Waals surface area (Å²) in [5.74, 6) is 0.343. The summed E-state index contributed by atoms with van der Waals surface area (Å²) in [6, 6.07) is 13.2. The highest BCUT2D eigenvalue weighted by Gasteiger charge is 2.09. The minimum Gasteiger partial charge on any atom is -0.497 e. The molecular weight excluding hydrogens is 304 g/mol. The highest BCUT2D eigenvalue weighted by atomic mass is 16.5. The Labute approximate surface area is 140 Å². The summed E-state index contributed by atoms with van der Waals surface area (Å²) in [5.41, 5.74) is 3.43. The van der Waals surface area contributed by atoms with E-state index in [-0.39, 0.29) is 6.61 Å². The van der Waals surface area contributed by atoms with E-state index >= 15 is 0 Å². The van der Waals surface area contributed by atoms with E-state index in [4.69, 9.17) is 9.47 Å². The molecule has 24 heavy (non-hydrogen) atoms. The molecule has 0 spiro atoms. The number of pyridine rings is 1. The maximum Gasteiger partial charge on any atom is 0.331 e. The van der Waals surface area contributed by atoms with Gasteiger partial charge in [0.2, 0.25) is 0 Å². The Bertz CT molecular complexity index is 897. The molecule has 3 rings (SSSR count). The molecule has 2 aromatic heterocycles. The highest BCUT2D eigenvalue weighted by Crippen LogP contribution is 2.15. The average molecular weight is 322 g/mol. The Morgan fingerprint density at radius 2 is 2.12 bits per heavy atom. The van der Waals surface area contributed by atoms with Crippen LogP contribution in [0.4, 0.5) is 0 Å². The normalized spacial score (nSPS) is 11.1. The summed E-state index contributed by atoms with van der Waals surface area (Å²) < 4.78 is 12.4. The van der Waals surface area contributed by atoms with Gasteiger partial charge in [-0.3, -0.25) is 0 Å². The zero-order valence-corrected chi connectivity index (χ0v) is 13.6. The lowest BCUT2D eigenvalue weighted by Crippen LogP contribution is -2.04. The van der Waals surface area contributed by atoms with Crippen LogP contribution in [0.2, 0.25) is 0 Å². The summed E-state index contributed by atoms with van der Waals surface area (Å²) in [5, 5.41) is 0. The van der Waals surface area contributed by atoms with Crippen LogP contribution in [-0.2, 0) is 16.1 Å². The number of methoxy groups -OCH3 is 1. The molecule has 5 nitrogen and oxygen atoms in total. The Kier molecular flexibility index (Phi) is 4.61. The van der Waals surface area contributed by atoms with Crippen molar-refractivity contribution in [3.63, 3.8) is 0 Å². The topological polar surface area (TPSA) is 52.8 Å². The smallest absolute Gasteiger partial charge is 0.331 e. The average Bonchev–Trinajstić information content (AvgIpc) is 2.93. The van der Waals surface area contributed by atoms with Crippen LogP contribution in [0.3, 0.4) is 0 Å².